The average molecular weight is 289 g/mol. The molecule has 0 fully saturated rings. The first-order valence-electron chi connectivity index (χ1n) is 6.79. The van der Waals surface area contributed by atoms with Crippen molar-refractivity contribution in [1.29, 1.82) is 0 Å². The number of aromatic nitrogens is 1. The number of halogens is 1. The summed E-state index contributed by atoms with van der Waals surface area (Å²) in [7, 11) is 2.07. The number of pyridine rings is 1. The van der Waals surface area contributed by atoms with Gasteiger partial charge in [-0.15, -0.1) is 0 Å². The zero-order valence-electron chi connectivity index (χ0n) is 12.0. The summed E-state index contributed by atoms with van der Waals surface area (Å²) < 4.78 is 0. The number of rotatable bonds is 1. The van der Waals surface area contributed by atoms with E-state index < -0.39 is 0 Å². The lowest BCUT2D eigenvalue weighted by molar-refractivity contribution is 0.101. The molecule has 3 nitrogen and oxygen atoms in total. The fraction of sp³-hybridized carbons (Fsp3) is 0.375. The van der Waals surface area contributed by atoms with E-state index in [1.807, 2.05) is 19.1 Å². The van der Waals surface area contributed by atoms with Crippen molar-refractivity contribution in [3.8, 4) is 0 Å². The third-order valence-electron chi connectivity index (χ3n) is 4.04. The maximum atomic E-state index is 12.2. The van der Waals surface area contributed by atoms with Crippen molar-refractivity contribution in [3.63, 3.8) is 0 Å². The van der Waals surface area contributed by atoms with E-state index in [9.17, 15) is 4.79 Å². The lowest BCUT2D eigenvalue weighted by Crippen LogP contribution is -2.29. The minimum Gasteiger partial charge on any atom is -0.302 e. The highest BCUT2D eigenvalue weighted by Gasteiger charge is 2.23. The second-order valence-corrected chi connectivity index (χ2v) is 5.93. The Labute approximate surface area is 123 Å². The molecule has 0 spiro atoms. The summed E-state index contributed by atoms with van der Waals surface area (Å²) in [5, 5.41) is 1.63. The van der Waals surface area contributed by atoms with Crippen LogP contribution in [0.5, 0.6) is 0 Å². The van der Waals surface area contributed by atoms with Crippen LogP contribution in [0.3, 0.4) is 0 Å². The van der Waals surface area contributed by atoms with E-state index in [1.54, 1.807) is 6.92 Å². The lowest BCUT2D eigenvalue weighted by atomic mass is 9.93. The topological polar surface area (TPSA) is 33.2 Å². The Morgan fingerprint density at radius 1 is 1.40 bits per heavy atom. The number of aryl methyl sites for hydroxylation is 1. The van der Waals surface area contributed by atoms with Crippen LogP contribution >= 0.6 is 11.6 Å². The monoisotopic (exact) mass is 288 g/mol. The standard InChI is InChI=1S/C16H17ClN2O/c1-9-13(17)5-4-11-15(10(2)20)12-8-19(3)7-6-14(12)18-16(9)11/h4-5H,6-8H2,1-3H3. The van der Waals surface area contributed by atoms with Gasteiger partial charge in [0, 0.05) is 41.2 Å². The Morgan fingerprint density at radius 3 is 2.85 bits per heavy atom. The Kier molecular flexibility index (Phi) is 3.27. The predicted octanol–water partition coefficient (Wildman–Crippen LogP) is 3.39. The van der Waals surface area contributed by atoms with Gasteiger partial charge in [0.15, 0.2) is 5.78 Å². The number of nitrogens with zero attached hydrogens (tertiary/aromatic N) is 2. The van der Waals surface area contributed by atoms with Crippen molar-refractivity contribution in [2.45, 2.75) is 26.8 Å². The lowest BCUT2D eigenvalue weighted by Gasteiger charge is -2.27. The molecule has 0 radical (unpaired) electrons. The minimum atomic E-state index is 0.102. The number of ketones is 1. The molecular weight excluding hydrogens is 272 g/mol. The van der Waals surface area contributed by atoms with Gasteiger partial charge in [-0.1, -0.05) is 17.7 Å². The van der Waals surface area contributed by atoms with Gasteiger partial charge < -0.3 is 4.90 Å². The van der Waals surface area contributed by atoms with Gasteiger partial charge in [-0.05, 0) is 38.1 Å². The number of fused-ring (bicyclic) bond motifs is 2. The summed E-state index contributed by atoms with van der Waals surface area (Å²) >= 11 is 6.19. The van der Waals surface area contributed by atoms with Crippen LogP contribution in [0.1, 0.15) is 34.1 Å². The molecule has 3 rings (SSSR count). The van der Waals surface area contributed by atoms with Crippen LogP contribution in [-0.2, 0) is 13.0 Å². The molecule has 0 atom stereocenters. The number of benzene rings is 1. The molecule has 4 heteroatoms. The number of carbonyl (C=O) groups is 1. The molecule has 1 aromatic carbocycles. The second kappa shape index (κ2) is 4.83. The van der Waals surface area contributed by atoms with Gasteiger partial charge in [0.2, 0.25) is 0 Å². The molecule has 0 unspecified atom stereocenters. The Morgan fingerprint density at radius 2 is 2.15 bits per heavy atom. The molecule has 0 saturated carbocycles. The van der Waals surface area contributed by atoms with E-state index in [2.05, 4.69) is 11.9 Å². The van der Waals surface area contributed by atoms with Crippen LogP contribution in [0.15, 0.2) is 12.1 Å². The molecule has 0 saturated heterocycles. The quantitative estimate of drug-likeness (QED) is 0.754. The van der Waals surface area contributed by atoms with Gasteiger partial charge in [0.1, 0.15) is 0 Å². The van der Waals surface area contributed by atoms with E-state index in [0.29, 0.717) is 5.02 Å². The molecule has 2 heterocycles. The molecule has 0 aliphatic carbocycles. The van der Waals surface area contributed by atoms with E-state index in [1.165, 1.54) is 0 Å². The molecule has 1 aliphatic heterocycles. The van der Waals surface area contributed by atoms with Gasteiger partial charge in [-0.25, -0.2) is 0 Å². The first kappa shape index (κ1) is 13.5. The molecule has 104 valence electrons. The predicted molar refractivity (Wildman–Crippen MR) is 81.5 cm³/mol. The summed E-state index contributed by atoms with van der Waals surface area (Å²) in [5.41, 5.74) is 4.77. The Bertz CT molecular complexity index is 724. The van der Waals surface area contributed by atoms with Gasteiger partial charge in [-0.3, -0.25) is 9.78 Å². The van der Waals surface area contributed by atoms with E-state index in [4.69, 9.17) is 16.6 Å². The van der Waals surface area contributed by atoms with Crippen molar-refractivity contribution in [2.75, 3.05) is 13.6 Å². The third-order valence-corrected chi connectivity index (χ3v) is 4.45. The van der Waals surface area contributed by atoms with Gasteiger partial charge in [0.05, 0.1) is 5.52 Å². The number of hydrogen-bond acceptors (Lipinski definition) is 3. The number of likely N-dealkylation sites (N-methyl/N-ethyl adjacent to an activating group) is 1. The van der Waals surface area contributed by atoms with E-state index in [-0.39, 0.29) is 5.78 Å². The van der Waals surface area contributed by atoms with Crippen molar-refractivity contribution in [3.05, 3.63) is 39.5 Å². The van der Waals surface area contributed by atoms with Crippen LogP contribution in [0.4, 0.5) is 0 Å². The largest absolute Gasteiger partial charge is 0.302 e. The van der Waals surface area contributed by atoms with Crippen LogP contribution in [-0.4, -0.2) is 29.3 Å². The Hall–Kier alpha value is -1.45. The van der Waals surface area contributed by atoms with Gasteiger partial charge in [-0.2, -0.15) is 0 Å². The Balaban J connectivity index is 2.41. The highest BCUT2D eigenvalue weighted by atomic mass is 35.5. The highest BCUT2D eigenvalue weighted by molar-refractivity contribution is 6.32. The fourth-order valence-corrected chi connectivity index (χ4v) is 3.11. The van der Waals surface area contributed by atoms with Crippen LogP contribution in [0.25, 0.3) is 10.9 Å². The smallest absolute Gasteiger partial charge is 0.160 e. The van der Waals surface area contributed by atoms with Crippen molar-refractivity contribution >= 4 is 28.3 Å². The summed E-state index contributed by atoms with van der Waals surface area (Å²) in [5.74, 6) is 0.102. The van der Waals surface area contributed by atoms with Gasteiger partial charge >= 0.3 is 0 Å². The SMILES string of the molecule is CC(=O)c1c2c(nc3c(C)c(Cl)ccc13)CCN(C)C2. The number of carbonyl (C=O) groups excluding carboxylic acids is 1. The molecule has 20 heavy (non-hydrogen) atoms. The third kappa shape index (κ3) is 2.02. The second-order valence-electron chi connectivity index (χ2n) is 5.52. The maximum Gasteiger partial charge on any atom is 0.160 e. The molecule has 0 amide bonds. The van der Waals surface area contributed by atoms with Crippen LogP contribution in [0, 0.1) is 6.92 Å². The van der Waals surface area contributed by atoms with Crippen LogP contribution < -0.4 is 0 Å². The van der Waals surface area contributed by atoms with Crippen molar-refractivity contribution in [2.24, 2.45) is 0 Å². The molecule has 1 aromatic heterocycles. The highest BCUT2D eigenvalue weighted by Crippen LogP contribution is 2.32. The summed E-state index contributed by atoms with van der Waals surface area (Å²) in [4.78, 5) is 19.2. The molecule has 2 aromatic rings. The van der Waals surface area contributed by atoms with E-state index >= 15 is 0 Å². The van der Waals surface area contributed by atoms with Crippen LogP contribution in [0.2, 0.25) is 5.02 Å². The molecular formula is C16H17ClN2O. The first-order chi connectivity index (χ1) is 9.49. The normalized spacial score (nSPS) is 15.4. The number of Topliss-reactive ketones (excluding diaryl/α,β-unsaturated/α-hetero) is 1. The zero-order valence-corrected chi connectivity index (χ0v) is 12.7. The van der Waals surface area contributed by atoms with E-state index in [0.717, 1.165) is 52.8 Å². The minimum absolute atomic E-state index is 0.102. The maximum absolute atomic E-state index is 12.2. The summed E-state index contributed by atoms with van der Waals surface area (Å²) in [6.07, 6.45) is 0.883. The van der Waals surface area contributed by atoms with Crippen molar-refractivity contribution < 1.29 is 4.79 Å². The summed E-state index contributed by atoms with van der Waals surface area (Å²) in [6, 6.07) is 3.77. The molecule has 0 N–H and O–H groups in total. The summed E-state index contributed by atoms with van der Waals surface area (Å²) in [6.45, 7) is 5.36. The fourth-order valence-electron chi connectivity index (χ4n) is 2.96. The molecule has 0 bridgehead atoms. The zero-order chi connectivity index (χ0) is 14.4. The number of hydrogen-bond donors (Lipinski definition) is 0. The average Bonchev–Trinajstić information content (AvgIpc) is 2.40. The van der Waals surface area contributed by atoms with Gasteiger partial charge in [0.25, 0.3) is 0 Å². The molecule has 1 aliphatic rings. The first-order valence-corrected chi connectivity index (χ1v) is 7.17. The van der Waals surface area contributed by atoms with Crippen molar-refractivity contribution in [1.82, 2.24) is 9.88 Å².